The Hall–Kier alpha value is -2.49. The van der Waals surface area contributed by atoms with E-state index in [9.17, 15) is 0 Å². The predicted octanol–water partition coefficient (Wildman–Crippen LogP) is 2.88. The third kappa shape index (κ3) is 4.01. The van der Waals surface area contributed by atoms with Crippen LogP contribution in [0.2, 0.25) is 0 Å². The van der Waals surface area contributed by atoms with Gasteiger partial charge in [-0.05, 0) is 36.4 Å². The second-order valence-electron chi connectivity index (χ2n) is 5.05. The van der Waals surface area contributed by atoms with Gasteiger partial charge in [-0.3, -0.25) is 4.99 Å². The molecule has 0 saturated heterocycles. The molecule has 0 radical (unpaired) electrons. The second kappa shape index (κ2) is 7.50. The smallest absolute Gasteiger partial charge is 0.128 e. The number of rotatable bonds is 7. The fourth-order valence-electron chi connectivity index (χ4n) is 2.26. The molecule has 0 amide bonds. The van der Waals surface area contributed by atoms with Crippen molar-refractivity contribution < 1.29 is 9.47 Å². The summed E-state index contributed by atoms with van der Waals surface area (Å²) in [5, 5.41) is 3.26. The summed E-state index contributed by atoms with van der Waals surface area (Å²) in [6.07, 6.45) is 0.852. The fourth-order valence-corrected chi connectivity index (χ4v) is 2.26. The Morgan fingerprint density at radius 3 is 2.18 bits per heavy atom. The minimum atomic E-state index is 0.644. The molecule has 1 N–H and O–H groups in total. The normalized spacial score (nSPS) is 13.4. The molecule has 0 atom stereocenters. The summed E-state index contributed by atoms with van der Waals surface area (Å²) in [7, 11) is 0. The summed E-state index contributed by atoms with van der Waals surface area (Å²) in [4.78, 5) is 4.40. The van der Waals surface area contributed by atoms with Crippen LogP contribution >= 0.6 is 0 Å². The summed E-state index contributed by atoms with van der Waals surface area (Å²) in [6.45, 7) is 3.08. The van der Waals surface area contributed by atoms with E-state index < -0.39 is 0 Å². The van der Waals surface area contributed by atoms with Gasteiger partial charge in [0, 0.05) is 18.5 Å². The molecule has 1 heterocycles. The molecule has 2 aromatic rings. The van der Waals surface area contributed by atoms with Gasteiger partial charge >= 0.3 is 0 Å². The minimum absolute atomic E-state index is 0.644. The standard InChI is InChI=1S/C18H20N2O2/c1-2-5-16(6-3-1)21-13-4-14-22-17-9-7-15(8-10-17)18-19-11-12-20-18/h1-3,5-10H,4,11-14H2,(H,19,20). The van der Waals surface area contributed by atoms with Crippen LogP contribution in [0.25, 0.3) is 0 Å². The first-order valence-corrected chi connectivity index (χ1v) is 7.61. The van der Waals surface area contributed by atoms with E-state index in [0.717, 1.165) is 42.4 Å². The van der Waals surface area contributed by atoms with E-state index >= 15 is 0 Å². The van der Waals surface area contributed by atoms with Gasteiger partial charge in [-0.25, -0.2) is 0 Å². The number of ether oxygens (including phenoxy) is 2. The lowest BCUT2D eigenvalue weighted by molar-refractivity contribution is 0.247. The number of aliphatic imine (C=N–C) groups is 1. The van der Waals surface area contributed by atoms with Crippen LogP contribution in [0, 0.1) is 0 Å². The maximum Gasteiger partial charge on any atom is 0.128 e. The third-order valence-electron chi connectivity index (χ3n) is 3.37. The number of amidine groups is 1. The molecule has 0 spiro atoms. The SMILES string of the molecule is c1ccc(OCCCOc2ccc(C3=NCCN3)cc2)cc1. The Labute approximate surface area is 130 Å². The average molecular weight is 296 g/mol. The highest BCUT2D eigenvalue weighted by Gasteiger charge is 2.07. The van der Waals surface area contributed by atoms with Crippen LogP contribution < -0.4 is 14.8 Å². The Morgan fingerprint density at radius 2 is 1.55 bits per heavy atom. The van der Waals surface area contributed by atoms with Crippen molar-refractivity contribution in [2.75, 3.05) is 26.3 Å². The van der Waals surface area contributed by atoms with Crippen LogP contribution in [0.4, 0.5) is 0 Å². The van der Waals surface area contributed by atoms with Crippen LogP contribution in [0.3, 0.4) is 0 Å². The topological polar surface area (TPSA) is 42.9 Å². The fraction of sp³-hybridized carbons (Fsp3) is 0.278. The molecular formula is C18H20N2O2. The summed E-state index contributed by atoms with van der Waals surface area (Å²) in [5.74, 6) is 2.75. The van der Waals surface area contributed by atoms with Crippen LogP contribution in [-0.2, 0) is 0 Å². The lowest BCUT2D eigenvalue weighted by Gasteiger charge is -2.09. The molecule has 114 valence electrons. The molecule has 2 aromatic carbocycles. The lowest BCUT2D eigenvalue weighted by Crippen LogP contribution is -2.19. The van der Waals surface area contributed by atoms with Crippen molar-refractivity contribution in [2.24, 2.45) is 4.99 Å². The molecule has 1 aliphatic rings. The Morgan fingerprint density at radius 1 is 0.864 bits per heavy atom. The lowest BCUT2D eigenvalue weighted by atomic mass is 10.2. The van der Waals surface area contributed by atoms with E-state index in [2.05, 4.69) is 10.3 Å². The van der Waals surface area contributed by atoms with Gasteiger partial charge in [0.1, 0.15) is 17.3 Å². The van der Waals surface area contributed by atoms with Crippen LogP contribution in [0.5, 0.6) is 11.5 Å². The van der Waals surface area contributed by atoms with Gasteiger partial charge in [0.25, 0.3) is 0 Å². The molecule has 3 rings (SSSR count). The highest BCUT2D eigenvalue weighted by molar-refractivity contribution is 5.99. The van der Waals surface area contributed by atoms with E-state index in [1.54, 1.807) is 0 Å². The van der Waals surface area contributed by atoms with Gasteiger partial charge in [-0.15, -0.1) is 0 Å². The number of nitrogens with one attached hydrogen (secondary N) is 1. The monoisotopic (exact) mass is 296 g/mol. The third-order valence-corrected chi connectivity index (χ3v) is 3.37. The molecular weight excluding hydrogens is 276 g/mol. The van der Waals surface area contributed by atoms with Crippen molar-refractivity contribution in [1.82, 2.24) is 5.32 Å². The zero-order valence-electron chi connectivity index (χ0n) is 12.5. The van der Waals surface area contributed by atoms with Gasteiger partial charge in [0.15, 0.2) is 0 Å². The zero-order valence-corrected chi connectivity index (χ0v) is 12.5. The van der Waals surface area contributed by atoms with Crippen LogP contribution in [0.15, 0.2) is 59.6 Å². The van der Waals surface area contributed by atoms with Crippen LogP contribution in [-0.4, -0.2) is 32.1 Å². The Kier molecular flexibility index (Phi) is 4.92. The first kappa shape index (κ1) is 14.4. The highest BCUT2D eigenvalue weighted by atomic mass is 16.5. The Balaban J connectivity index is 1.38. The summed E-state index contributed by atoms with van der Waals surface area (Å²) in [5.41, 5.74) is 1.11. The summed E-state index contributed by atoms with van der Waals surface area (Å²) < 4.78 is 11.3. The van der Waals surface area contributed by atoms with E-state index in [4.69, 9.17) is 9.47 Å². The second-order valence-corrected chi connectivity index (χ2v) is 5.05. The van der Waals surface area contributed by atoms with Gasteiger partial charge in [0.05, 0.1) is 19.8 Å². The molecule has 4 nitrogen and oxygen atoms in total. The molecule has 4 heteroatoms. The van der Waals surface area contributed by atoms with Gasteiger partial charge < -0.3 is 14.8 Å². The maximum absolute atomic E-state index is 5.72. The quantitative estimate of drug-likeness (QED) is 0.799. The highest BCUT2D eigenvalue weighted by Crippen LogP contribution is 2.14. The van der Waals surface area contributed by atoms with Crippen molar-refractivity contribution in [3.63, 3.8) is 0 Å². The van der Waals surface area contributed by atoms with E-state index in [-0.39, 0.29) is 0 Å². The first-order valence-electron chi connectivity index (χ1n) is 7.61. The summed E-state index contributed by atoms with van der Waals surface area (Å²) >= 11 is 0. The Bertz CT molecular complexity index is 609. The zero-order chi connectivity index (χ0) is 15.0. The average Bonchev–Trinajstić information content (AvgIpc) is 3.11. The molecule has 1 aliphatic heterocycles. The first-order chi connectivity index (χ1) is 10.9. The molecule has 0 aliphatic carbocycles. The summed E-state index contributed by atoms with van der Waals surface area (Å²) in [6, 6.07) is 17.9. The molecule has 22 heavy (non-hydrogen) atoms. The molecule has 0 unspecified atom stereocenters. The van der Waals surface area contributed by atoms with E-state index in [0.29, 0.717) is 13.2 Å². The van der Waals surface area contributed by atoms with Crippen molar-refractivity contribution in [1.29, 1.82) is 0 Å². The number of para-hydroxylation sites is 1. The van der Waals surface area contributed by atoms with Gasteiger partial charge in [0.2, 0.25) is 0 Å². The van der Waals surface area contributed by atoms with Gasteiger partial charge in [-0.1, -0.05) is 18.2 Å². The molecule has 0 fully saturated rings. The number of hydrogen-bond donors (Lipinski definition) is 1. The molecule has 0 bridgehead atoms. The number of nitrogens with zero attached hydrogens (tertiary/aromatic N) is 1. The number of benzene rings is 2. The van der Waals surface area contributed by atoms with Crippen molar-refractivity contribution in [3.8, 4) is 11.5 Å². The van der Waals surface area contributed by atoms with Crippen molar-refractivity contribution in [3.05, 3.63) is 60.2 Å². The van der Waals surface area contributed by atoms with Crippen molar-refractivity contribution in [2.45, 2.75) is 6.42 Å². The van der Waals surface area contributed by atoms with Gasteiger partial charge in [-0.2, -0.15) is 0 Å². The maximum atomic E-state index is 5.72. The molecule has 0 aromatic heterocycles. The predicted molar refractivity (Wildman–Crippen MR) is 87.9 cm³/mol. The number of hydrogen-bond acceptors (Lipinski definition) is 4. The minimum Gasteiger partial charge on any atom is -0.493 e. The van der Waals surface area contributed by atoms with Crippen LogP contribution in [0.1, 0.15) is 12.0 Å². The van der Waals surface area contributed by atoms with E-state index in [1.165, 1.54) is 0 Å². The van der Waals surface area contributed by atoms with E-state index in [1.807, 2.05) is 54.6 Å². The largest absolute Gasteiger partial charge is 0.493 e. The van der Waals surface area contributed by atoms with Crippen molar-refractivity contribution >= 4 is 5.84 Å². The molecule has 0 saturated carbocycles.